The molecule has 1 aromatic heterocycles. The van der Waals surface area contributed by atoms with Crippen molar-refractivity contribution in [2.24, 2.45) is 0 Å². The number of nitrogens with one attached hydrogen (secondary N) is 1. The number of aromatic nitrogens is 1. The third kappa shape index (κ3) is 3.60. The number of pyridine rings is 1. The maximum absolute atomic E-state index is 12.3. The zero-order valence-corrected chi connectivity index (χ0v) is 14.7. The van der Waals surface area contributed by atoms with Gasteiger partial charge >= 0.3 is 5.97 Å². The number of hydrogen-bond acceptors (Lipinski definition) is 5. The Hall–Kier alpha value is -3.12. The Morgan fingerprint density at radius 3 is 2.62 bits per heavy atom. The Morgan fingerprint density at radius 1 is 1.19 bits per heavy atom. The van der Waals surface area contributed by atoms with Crippen LogP contribution in [-0.2, 0) is 4.74 Å². The van der Waals surface area contributed by atoms with E-state index in [4.69, 9.17) is 22.1 Å². The van der Waals surface area contributed by atoms with E-state index in [2.05, 4.69) is 10.3 Å². The van der Waals surface area contributed by atoms with Gasteiger partial charge in [0.05, 0.1) is 17.8 Å². The fourth-order valence-corrected chi connectivity index (χ4v) is 2.59. The average molecular weight is 370 g/mol. The predicted octanol–water partition coefficient (Wildman–Crippen LogP) is 3.90. The van der Waals surface area contributed by atoms with Crippen LogP contribution >= 0.6 is 11.6 Å². The lowest BCUT2D eigenvalue weighted by molar-refractivity contribution is 0.0527. The van der Waals surface area contributed by atoms with Crippen molar-refractivity contribution in [3.8, 4) is 0 Å². The molecule has 0 atom stereocenters. The third-order valence-corrected chi connectivity index (χ3v) is 4.02. The highest BCUT2D eigenvalue weighted by Crippen LogP contribution is 2.27. The summed E-state index contributed by atoms with van der Waals surface area (Å²) in [7, 11) is 0. The molecule has 0 saturated carbocycles. The molecule has 0 saturated heterocycles. The van der Waals surface area contributed by atoms with Gasteiger partial charge in [-0.3, -0.25) is 9.78 Å². The minimum Gasteiger partial charge on any atom is -0.462 e. The van der Waals surface area contributed by atoms with Crippen molar-refractivity contribution in [2.45, 2.75) is 6.92 Å². The molecule has 3 N–H and O–H groups in total. The van der Waals surface area contributed by atoms with E-state index in [1.54, 1.807) is 49.4 Å². The normalized spacial score (nSPS) is 10.5. The molecule has 0 aliphatic rings. The summed E-state index contributed by atoms with van der Waals surface area (Å²) in [4.78, 5) is 28.5. The van der Waals surface area contributed by atoms with Crippen LogP contribution < -0.4 is 11.1 Å². The third-order valence-electron chi connectivity index (χ3n) is 3.77. The molecule has 0 spiro atoms. The van der Waals surface area contributed by atoms with Gasteiger partial charge in [-0.1, -0.05) is 11.6 Å². The topological polar surface area (TPSA) is 94.3 Å². The fourth-order valence-electron chi connectivity index (χ4n) is 2.47. The Labute approximate surface area is 154 Å². The Kier molecular flexibility index (Phi) is 5.04. The zero-order chi connectivity index (χ0) is 18.7. The molecule has 1 amide bonds. The van der Waals surface area contributed by atoms with Gasteiger partial charge in [0.2, 0.25) is 0 Å². The quantitative estimate of drug-likeness (QED) is 0.680. The smallest absolute Gasteiger partial charge is 0.341 e. The van der Waals surface area contributed by atoms with Crippen molar-refractivity contribution in [2.75, 3.05) is 17.7 Å². The lowest BCUT2D eigenvalue weighted by Crippen LogP contribution is -2.12. The molecule has 0 fully saturated rings. The number of fused-ring (bicyclic) bond motifs is 1. The minimum atomic E-state index is -0.532. The van der Waals surface area contributed by atoms with Crippen LogP contribution in [0.15, 0.2) is 48.7 Å². The number of esters is 1. The summed E-state index contributed by atoms with van der Waals surface area (Å²) in [5.41, 5.74) is 8.18. The molecule has 0 unspecified atom stereocenters. The van der Waals surface area contributed by atoms with Crippen molar-refractivity contribution in [1.82, 2.24) is 4.98 Å². The molecule has 2 aromatic carbocycles. The highest BCUT2D eigenvalue weighted by Gasteiger charge is 2.15. The van der Waals surface area contributed by atoms with E-state index in [0.717, 1.165) is 0 Å². The van der Waals surface area contributed by atoms with Gasteiger partial charge in [0.25, 0.3) is 5.91 Å². The molecule has 7 heteroatoms. The van der Waals surface area contributed by atoms with Crippen molar-refractivity contribution in [3.05, 3.63) is 64.8 Å². The molecular formula is C19H16ClN3O3. The number of benzene rings is 2. The van der Waals surface area contributed by atoms with E-state index in [0.29, 0.717) is 27.2 Å². The summed E-state index contributed by atoms with van der Waals surface area (Å²) in [6, 6.07) is 11.7. The number of halogens is 1. The molecule has 0 aliphatic heterocycles. The maximum Gasteiger partial charge on any atom is 0.341 e. The number of rotatable bonds is 4. The standard InChI is InChI=1S/C19H16ClN3O3/c1-2-26-19(25)15-10-22-16-8-7-13(9-14(16)17(15)21)23-18(24)11-3-5-12(20)6-4-11/h3-10H,2H2,1H3,(H2,21,22)(H,23,24). The van der Waals surface area contributed by atoms with Gasteiger partial charge < -0.3 is 15.8 Å². The van der Waals surface area contributed by atoms with Crippen LogP contribution in [0, 0.1) is 0 Å². The molecule has 1 heterocycles. The molecule has 0 bridgehead atoms. The van der Waals surface area contributed by atoms with E-state index >= 15 is 0 Å². The number of carbonyl (C=O) groups excluding carboxylic acids is 2. The van der Waals surface area contributed by atoms with Crippen molar-refractivity contribution in [1.29, 1.82) is 0 Å². The summed E-state index contributed by atoms with van der Waals surface area (Å²) in [5, 5.41) is 3.90. The number of nitrogens with two attached hydrogens (primary N) is 1. The highest BCUT2D eigenvalue weighted by atomic mass is 35.5. The molecule has 3 rings (SSSR count). The largest absolute Gasteiger partial charge is 0.462 e. The van der Waals surface area contributed by atoms with E-state index in [-0.39, 0.29) is 23.8 Å². The number of ether oxygens (including phenoxy) is 1. The molecule has 6 nitrogen and oxygen atoms in total. The van der Waals surface area contributed by atoms with Crippen LogP contribution in [-0.4, -0.2) is 23.5 Å². The van der Waals surface area contributed by atoms with Gasteiger partial charge in [-0.2, -0.15) is 0 Å². The molecule has 132 valence electrons. The molecular weight excluding hydrogens is 354 g/mol. The monoisotopic (exact) mass is 369 g/mol. The van der Waals surface area contributed by atoms with E-state index < -0.39 is 5.97 Å². The second-order valence-electron chi connectivity index (χ2n) is 5.50. The van der Waals surface area contributed by atoms with Gasteiger partial charge in [-0.05, 0) is 49.4 Å². The Morgan fingerprint density at radius 2 is 1.92 bits per heavy atom. The van der Waals surface area contributed by atoms with Gasteiger partial charge in [-0.25, -0.2) is 4.79 Å². The molecule has 0 radical (unpaired) electrons. The first kappa shape index (κ1) is 17.7. The zero-order valence-electron chi connectivity index (χ0n) is 14.0. The van der Waals surface area contributed by atoms with Crippen LogP contribution in [0.3, 0.4) is 0 Å². The number of carbonyl (C=O) groups is 2. The lowest BCUT2D eigenvalue weighted by Gasteiger charge is -2.10. The van der Waals surface area contributed by atoms with Gasteiger partial charge in [0.15, 0.2) is 0 Å². The summed E-state index contributed by atoms with van der Waals surface area (Å²) >= 11 is 5.83. The number of nitrogens with zero attached hydrogens (tertiary/aromatic N) is 1. The number of amides is 1. The predicted molar refractivity (Wildman–Crippen MR) is 102 cm³/mol. The number of hydrogen-bond donors (Lipinski definition) is 2. The maximum atomic E-state index is 12.3. The molecule has 26 heavy (non-hydrogen) atoms. The first-order valence-corrected chi connectivity index (χ1v) is 8.29. The Bertz CT molecular complexity index is 987. The van der Waals surface area contributed by atoms with Crippen LogP contribution in [0.4, 0.5) is 11.4 Å². The van der Waals surface area contributed by atoms with Gasteiger partial charge in [0, 0.05) is 27.9 Å². The second-order valence-corrected chi connectivity index (χ2v) is 5.94. The highest BCUT2D eigenvalue weighted by molar-refractivity contribution is 6.30. The SMILES string of the molecule is CCOC(=O)c1cnc2ccc(NC(=O)c3ccc(Cl)cc3)cc2c1N. The van der Waals surface area contributed by atoms with E-state index in [9.17, 15) is 9.59 Å². The number of anilines is 2. The van der Waals surface area contributed by atoms with Gasteiger partial charge in [0.1, 0.15) is 5.56 Å². The van der Waals surface area contributed by atoms with Crippen molar-refractivity contribution < 1.29 is 14.3 Å². The summed E-state index contributed by atoms with van der Waals surface area (Å²) in [6.07, 6.45) is 1.39. The lowest BCUT2D eigenvalue weighted by atomic mass is 10.1. The Balaban J connectivity index is 1.92. The summed E-state index contributed by atoms with van der Waals surface area (Å²) < 4.78 is 4.98. The van der Waals surface area contributed by atoms with Crippen LogP contribution in [0.25, 0.3) is 10.9 Å². The fraction of sp³-hybridized carbons (Fsp3) is 0.105. The summed E-state index contributed by atoms with van der Waals surface area (Å²) in [5.74, 6) is -0.816. The van der Waals surface area contributed by atoms with Crippen LogP contribution in [0.5, 0.6) is 0 Å². The molecule has 0 aliphatic carbocycles. The molecule has 3 aromatic rings. The first-order valence-electron chi connectivity index (χ1n) is 7.92. The second kappa shape index (κ2) is 7.41. The average Bonchev–Trinajstić information content (AvgIpc) is 2.63. The van der Waals surface area contributed by atoms with Crippen molar-refractivity contribution in [3.63, 3.8) is 0 Å². The number of nitrogen functional groups attached to an aromatic ring is 1. The van der Waals surface area contributed by atoms with E-state index in [1.165, 1.54) is 6.20 Å². The van der Waals surface area contributed by atoms with Crippen LogP contribution in [0.1, 0.15) is 27.6 Å². The first-order chi connectivity index (χ1) is 12.5. The summed E-state index contributed by atoms with van der Waals surface area (Å²) in [6.45, 7) is 1.96. The van der Waals surface area contributed by atoms with Crippen LogP contribution in [0.2, 0.25) is 5.02 Å². The van der Waals surface area contributed by atoms with Crippen molar-refractivity contribution >= 4 is 45.8 Å². The van der Waals surface area contributed by atoms with E-state index in [1.807, 2.05) is 0 Å². The minimum absolute atomic E-state index is 0.195. The van der Waals surface area contributed by atoms with Gasteiger partial charge in [-0.15, -0.1) is 0 Å².